The Morgan fingerprint density at radius 3 is 2.42 bits per heavy atom. The zero-order valence-electron chi connectivity index (χ0n) is 12.4. The van der Waals surface area contributed by atoms with Gasteiger partial charge in [-0.15, -0.1) is 0 Å². The summed E-state index contributed by atoms with van der Waals surface area (Å²) >= 11 is 6.34. The van der Waals surface area contributed by atoms with E-state index in [1.54, 1.807) is 0 Å². The van der Waals surface area contributed by atoms with Crippen LogP contribution in [0.15, 0.2) is 18.2 Å². The molecule has 0 saturated heterocycles. The molecule has 108 valence electrons. The fourth-order valence-electron chi connectivity index (χ4n) is 2.10. The second-order valence-corrected chi connectivity index (χ2v) is 5.96. The third-order valence-corrected chi connectivity index (χ3v) is 3.26. The van der Waals surface area contributed by atoms with Gasteiger partial charge in [0.05, 0.1) is 17.3 Å². The zero-order chi connectivity index (χ0) is 14.4. The van der Waals surface area contributed by atoms with Crippen LogP contribution < -0.4 is 4.90 Å². The second kappa shape index (κ2) is 7.73. The number of aliphatic hydroxyl groups excluding tert-OH is 1. The van der Waals surface area contributed by atoms with E-state index >= 15 is 0 Å². The number of aliphatic hydroxyl groups is 1. The molecule has 0 aliphatic rings. The Labute approximate surface area is 121 Å². The molecule has 0 radical (unpaired) electrons. The van der Waals surface area contributed by atoms with E-state index in [1.807, 2.05) is 18.2 Å². The molecule has 0 aliphatic heterocycles. The lowest BCUT2D eigenvalue weighted by Crippen LogP contribution is -2.35. The third-order valence-electron chi connectivity index (χ3n) is 2.96. The summed E-state index contributed by atoms with van der Waals surface area (Å²) in [5.74, 6) is 0.546. The number of halogens is 1. The standard InChI is InChI=1S/C15H25ClN2O/c1-12(2)10-18(9-8-17(3)4)15-13(11-19)6-5-7-14(15)16/h5-7,12,19H,8-11H2,1-4H3. The molecular weight excluding hydrogens is 260 g/mol. The van der Waals surface area contributed by atoms with Crippen LogP contribution in [0.3, 0.4) is 0 Å². The molecule has 1 N–H and O–H groups in total. The summed E-state index contributed by atoms with van der Waals surface area (Å²) in [5, 5.41) is 10.2. The Morgan fingerprint density at radius 2 is 1.89 bits per heavy atom. The topological polar surface area (TPSA) is 26.7 Å². The minimum absolute atomic E-state index is 0.0203. The Kier molecular flexibility index (Phi) is 6.63. The molecule has 0 aliphatic carbocycles. The van der Waals surface area contributed by atoms with Crippen molar-refractivity contribution in [1.29, 1.82) is 0 Å². The molecule has 19 heavy (non-hydrogen) atoms. The Hall–Kier alpha value is -0.770. The molecular formula is C15H25ClN2O. The van der Waals surface area contributed by atoms with Gasteiger partial charge in [0.1, 0.15) is 0 Å². The van der Waals surface area contributed by atoms with Gasteiger partial charge in [-0.3, -0.25) is 0 Å². The van der Waals surface area contributed by atoms with Crippen molar-refractivity contribution in [3.63, 3.8) is 0 Å². The van der Waals surface area contributed by atoms with Crippen LogP contribution in [0.25, 0.3) is 0 Å². The minimum Gasteiger partial charge on any atom is -0.392 e. The van der Waals surface area contributed by atoms with Crippen molar-refractivity contribution in [1.82, 2.24) is 4.90 Å². The summed E-state index contributed by atoms with van der Waals surface area (Å²) in [6, 6.07) is 5.71. The van der Waals surface area contributed by atoms with Crippen LogP contribution in [0.1, 0.15) is 19.4 Å². The Balaban J connectivity index is 3.01. The van der Waals surface area contributed by atoms with Crippen LogP contribution in [-0.4, -0.2) is 43.7 Å². The van der Waals surface area contributed by atoms with Crippen LogP contribution in [-0.2, 0) is 6.61 Å². The van der Waals surface area contributed by atoms with E-state index in [0.29, 0.717) is 10.9 Å². The number of hydrogen-bond acceptors (Lipinski definition) is 3. The van der Waals surface area contributed by atoms with E-state index in [4.69, 9.17) is 11.6 Å². The van der Waals surface area contributed by atoms with Crippen LogP contribution >= 0.6 is 11.6 Å². The molecule has 0 atom stereocenters. The first-order valence-corrected chi connectivity index (χ1v) is 7.11. The van der Waals surface area contributed by atoms with Gasteiger partial charge in [0.25, 0.3) is 0 Å². The largest absolute Gasteiger partial charge is 0.392 e. The number of anilines is 1. The molecule has 1 aromatic carbocycles. The fourth-order valence-corrected chi connectivity index (χ4v) is 2.41. The number of likely N-dealkylation sites (N-methyl/N-ethyl adjacent to an activating group) is 1. The van der Waals surface area contributed by atoms with E-state index in [2.05, 4.69) is 37.7 Å². The molecule has 3 nitrogen and oxygen atoms in total. The van der Waals surface area contributed by atoms with Crippen molar-refractivity contribution >= 4 is 17.3 Å². The van der Waals surface area contributed by atoms with Gasteiger partial charge in [-0.25, -0.2) is 0 Å². The number of hydrogen-bond donors (Lipinski definition) is 1. The second-order valence-electron chi connectivity index (χ2n) is 5.55. The normalized spacial score (nSPS) is 11.4. The van der Waals surface area contributed by atoms with Crippen molar-refractivity contribution in [3.05, 3.63) is 28.8 Å². The van der Waals surface area contributed by atoms with Crippen molar-refractivity contribution in [3.8, 4) is 0 Å². The van der Waals surface area contributed by atoms with Gasteiger partial charge >= 0.3 is 0 Å². The SMILES string of the molecule is CC(C)CN(CCN(C)C)c1c(Cl)cccc1CO. The molecule has 0 heterocycles. The van der Waals surface area contributed by atoms with Crippen molar-refractivity contribution < 1.29 is 5.11 Å². The molecule has 0 aromatic heterocycles. The van der Waals surface area contributed by atoms with Gasteiger partial charge < -0.3 is 14.9 Å². The van der Waals surface area contributed by atoms with Gasteiger partial charge in [-0.2, -0.15) is 0 Å². The highest BCUT2D eigenvalue weighted by Crippen LogP contribution is 2.30. The molecule has 0 saturated carbocycles. The van der Waals surface area contributed by atoms with Crippen LogP contribution in [0.2, 0.25) is 5.02 Å². The van der Waals surface area contributed by atoms with Crippen molar-refractivity contribution in [2.75, 3.05) is 38.6 Å². The molecule has 0 unspecified atom stereocenters. The predicted octanol–water partition coefficient (Wildman–Crippen LogP) is 2.86. The highest BCUT2D eigenvalue weighted by atomic mass is 35.5. The molecule has 0 fully saturated rings. The first-order chi connectivity index (χ1) is 8.95. The van der Waals surface area contributed by atoms with Crippen LogP contribution in [0.5, 0.6) is 0 Å². The summed E-state index contributed by atoms with van der Waals surface area (Å²) in [6.07, 6.45) is 0. The monoisotopic (exact) mass is 284 g/mol. The quantitative estimate of drug-likeness (QED) is 0.834. The average molecular weight is 285 g/mol. The molecule has 0 spiro atoms. The maximum absolute atomic E-state index is 9.51. The van der Waals surface area contributed by atoms with Gasteiger partial charge in [-0.1, -0.05) is 37.6 Å². The molecule has 0 bridgehead atoms. The van der Waals surface area contributed by atoms with Gasteiger partial charge in [0.15, 0.2) is 0 Å². The summed E-state index contributed by atoms with van der Waals surface area (Å²) in [7, 11) is 4.13. The first kappa shape index (κ1) is 16.3. The zero-order valence-corrected chi connectivity index (χ0v) is 13.1. The van der Waals surface area contributed by atoms with Gasteiger partial charge in [0, 0.05) is 25.2 Å². The summed E-state index contributed by atoms with van der Waals surface area (Å²) in [5.41, 5.74) is 1.87. The van der Waals surface area contributed by atoms with Crippen LogP contribution in [0, 0.1) is 5.92 Å². The smallest absolute Gasteiger partial charge is 0.0702 e. The molecule has 1 aromatic rings. The Morgan fingerprint density at radius 1 is 1.21 bits per heavy atom. The lowest BCUT2D eigenvalue weighted by Gasteiger charge is -2.30. The highest BCUT2D eigenvalue weighted by molar-refractivity contribution is 6.33. The van der Waals surface area contributed by atoms with E-state index in [1.165, 1.54) is 0 Å². The average Bonchev–Trinajstić information content (AvgIpc) is 2.33. The third kappa shape index (κ3) is 5.01. The van der Waals surface area contributed by atoms with Gasteiger partial charge in [-0.05, 0) is 26.1 Å². The minimum atomic E-state index is 0.0203. The van der Waals surface area contributed by atoms with Gasteiger partial charge in [0.2, 0.25) is 0 Å². The molecule has 4 heteroatoms. The number of benzene rings is 1. The van der Waals surface area contributed by atoms with Crippen molar-refractivity contribution in [2.24, 2.45) is 5.92 Å². The Bertz CT molecular complexity index is 394. The lowest BCUT2D eigenvalue weighted by molar-refractivity contribution is 0.282. The fraction of sp³-hybridized carbons (Fsp3) is 0.600. The maximum Gasteiger partial charge on any atom is 0.0702 e. The number of nitrogens with zero attached hydrogens (tertiary/aromatic N) is 2. The maximum atomic E-state index is 9.51. The molecule has 0 amide bonds. The lowest BCUT2D eigenvalue weighted by atomic mass is 10.1. The van der Waals surface area contributed by atoms with E-state index < -0.39 is 0 Å². The summed E-state index contributed by atoms with van der Waals surface area (Å²) < 4.78 is 0. The van der Waals surface area contributed by atoms with Crippen LogP contribution in [0.4, 0.5) is 5.69 Å². The van der Waals surface area contributed by atoms with Crippen molar-refractivity contribution in [2.45, 2.75) is 20.5 Å². The number of para-hydroxylation sites is 1. The van der Waals surface area contributed by atoms with E-state index in [9.17, 15) is 5.11 Å². The highest BCUT2D eigenvalue weighted by Gasteiger charge is 2.15. The van der Waals surface area contributed by atoms with E-state index in [-0.39, 0.29) is 6.61 Å². The predicted molar refractivity (Wildman–Crippen MR) is 83.0 cm³/mol. The summed E-state index contributed by atoms with van der Waals surface area (Å²) in [4.78, 5) is 4.43. The summed E-state index contributed by atoms with van der Waals surface area (Å²) in [6.45, 7) is 7.21. The van der Waals surface area contributed by atoms with E-state index in [0.717, 1.165) is 30.9 Å². The number of rotatable bonds is 7. The first-order valence-electron chi connectivity index (χ1n) is 6.73. The molecule has 1 rings (SSSR count).